The van der Waals surface area contributed by atoms with Gasteiger partial charge in [-0.3, -0.25) is 10.1 Å². The van der Waals surface area contributed by atoms with Crippen molar-refractivity contribution in [2.24, 2.45) is 0 Å². The first kappa shape index (κ1) is 21.3. The van der Waals surface area contributed by atoms with Gasteiger partial charge in [0, 0.05) is 22.9 Å². The van der Waals surface area contributed by atoms with Gasteiger partial charge in [0.1, 0.15) is 5.75 Å². The number of alkyl halides is 3. The molecule has 0 radical (unpaired) electrons. The van der Waals surface area contributed by atoms with Crippen LogP contribution in [0.5, 0.6) is 5.75 Å². The molecule has 3 rings (SSSR count). The fourth-order valence-corrected chi connectivity index (χ4v) is 2.98. The molecule has 1 amide bonds. The minimum atomic E-state index is -4.39. The summed E-state index contributed by atoms with van der Waals surface area (Å²) in [5.41, 5.74) is 1.50. The Bertz CT molecular complexity index is 1050. The zero-order valence-electron chi connectivity index (χ0n) is 15.8. The van der Waals surface area contributed by atoms with Crippen LogP contribution in [0.2, 0.25) is 0 Å². The average Bonchev–Trinajstić information content (AvgIpc) is 2.73. The van der Waals surface area contributed by atoms with E-state index in [2.05, 4.69) is 10.6 Å². The lowest BCUT2D eigenvalue weighted by atomic mass is 10.0. The molecule has 0 bridgehead atoms. The van der Waals surface area contributed by atoms with E-state index in [-0.39, 0.29) is 11.0 Å². The van der Waals surface area contributed by atoms with Crippen molar-refractivity contribution in [3.05, 3.63) is 83.9 Å². The normalized spacial score (nSPS) is 10.9. The number of carbonyl (C=O) groups excluding carboxylic acids is 1. The summed E-state index contributed by atoms with van der Waals surface area (Å²) in [5.74, 6) is 0.0957. The van der Waals surface area contributed by atoms with Crippen molar-refractivity contribution < 1.29 is 22.7 Å². The topological polar surface area (TPSA) is 50.4 Å². The van der Waals surface area contributed by atoms with E-state index in [1.807, 2.05) is 0 Å². The molecule has 3 aromatic carbocycles. The summed E-state index contributed by atoms with van der Waals surface area (Å²) < 4.78 is 43.7. The minimum absolute atomic E-state index is 0.105. The summed E-state index contributed by atoms with van der Waals surface area (Å²) >= 11 is 5.18. The van der Waals surface area contributed by atoms with Crippen LogP contribution in [0.3, 0.4) is 0 Å². The van der Waals surface area contributed by atoms with E-state index in [9.17, 15) is 18.0 Å². The number of hydrogen-bond acceptors (Lipinski definition) is 3. The lowest BCUT2D eigenvalue weighted by molar-refractivity contribution is -0.137. The van der Waals surface area contributed by atoms with Gasteiger partial charge in [-0.05, 0) is 54.2 Å². The van der Waals surface area contributed by atoms with E-state index in [0.29, 0.717) is 28.1 Å². The number of rotatable bonds is 4. The summed E-state index contributed by atoms with van der Waals surface area (Å²) in [7, 11) is 1.46. The molecule has 0 fully saturated rings. The van der Waals surface area contributed by atoms with Gasteiger partial charge in [-0.25, -0.2) is 0 Å². The molecule has 0 unspecified atom stereocenters. The molecule has 0 saturated carbocycles. The maximum atomic E-state index is 12.8. The molecular formula is C22H17F3N2O2S. The Labute approximate surface area is 176 Å². The van der Waals surface area contributed by atoms with Gasteiger partial charge in [0.25, 0.3) is 5.91 Å². The van der Waals surface area contributed by atoms with E-state index >= 15 is 0 Å². The summed E-state index contributed by atoms with van der Waals surface area (Å²) in [4.78, 5) is 12.2. The highest BCUT2D eigenvalue weighted by atomic mass is 32.1. The van der Waals surface area contributed by atoms with Crippen molar-refractivity contribution in [2.75, 3.05) is 12.4 Å². The molecular weight excluding hydrogens is 413 g/mol. The highest BCUT2D eigenvalue weighted by Gasteiger charge is 2.30. The highest BCUT2D eigenvalue weighted by Crippen LogP contribution is 2.35. The van der Waals surface area contributed by atoms with Crippen LogP contribution in [0.15, 0.2) is 72.8 Å². The molecule has 0 aliphatic rings. The molecule has 0 saturated heterocycles. The second kappa shape index (κ2) is 8.96. The first-order chi connectivity index (χ1) is 14.3. The quantitative estimate of drug-likeness (QED) is 0.536. The minimum Gasteiger partial charge on any atom is -0.496 e. The second-order valence-corrected chi connectivity index (χ2v) is 6.67. The molecule has 0 atom stereocenters. The van der Waals surface area contributed by atoms with E-state index in [1.165, 1.54) is 19.2 Å². The zero-order chi connectivity index (χ0) is 21.7. The van der Waals surface area contributed by atoms with Crippen molar-refractivity contribution in [1.29, 1.82) is 0 Å². The number of carbonyl (C=O) groups is 1. The zero-order valence-corrected chi connectivity index (χ0v) is 16.6. The van der Waals surface area contributed by atoms with Crippen LogP contribution in [0.25, 0.3) is 11.1 Å². The van der Waals surface area contributed by atoms with Gasteiger partial charge in [-0.15, -0.1) is 0 Å². The van der Waals surface area contributed by atoms with Gasteiger partial charge in [0.15, 0.2) is 5.11 Å². The van der Waals surface area contributed by atoms with Gasteiger partial charge < -0.3 is 10.1 Å². The molecule has 0 spiro atoms. The number of anilines is 1. The maximum Gasteiger partial charge on any atom is 0.416 e. The SMILES string of the molecule is COc1cc(NC(=S)NC(=O)c2ccccc2)ccc1-c1ccc(C(F)(F)F)cc1. The number of hydrogen-bond donors (Lipinski definition) is 2. The number of amides is 1. The van der Waals surface area contributed by atoms with Crippen LogP contribution in [-0.2, 0) is 6.18 Å². The molecule has 2 N–H and O–H groups in total. The number of benzene rings is 3. The summed E-state index contributed by atoms with van der Waals surface area (Å²) in [6, 6.07) is 18.5. The first-order valence-corrected chi connectivity index (χ1v) is 9.22. The number of nitrogens with one attached hydrogen (secondary N) is 2. The van der Waals surface area contributed by atoms with Crippen LogP contribution in [0.1, 0.15) is 15.9 Å². The molecule has 3 aromatic rings. The van der Waals surface area contributed by atoms with Crippen LogP contribution in [0.4, 0.5) is 18.9 Å². The summed E-state index contributed by atoms with van der Waals surface area (Å²) in [6.07, 6.45) is -4.39. The Kier molecular flexibility index (Phi) is 6.37. The summed E-state index contributed by atoms with van der Waals surface area (Å²) in [6.45, 7) is 0. The van der Waals surface area contributed by atoms with E-state index in [1.54, 1.807) is 48.5 Å². The highest BCUT2D eigenvalue weighted by molar-refractivity contribution is 7.80. The molecule has 0 aromatic heterocycles. The van der Waals surface area contributed by atoms with E-state index < -0.39 is 11.7 Å². The van der Waals surface area contributed by atoms with Gasteiger partial charge in [-0.1, -0.05) is 30.3 Å². The predicted octanol–water partition coefficient (Wildman–Crippen LogP) is 5.51. The fourth-order valence-electron chi connectivity index (χ4n) is 2.77. The molecule has 0 aliphatic carbocycles. The third-order valence-electron chi connectivity index (χ3n) is 4.25. The van der Waals surface area contributed by atoms with E-state index in [4.69, 9.17) is 17.0 Å². The molecule has 0 heterocycles. The van der Waals surface area contributed by atoms with Crippen molar-refractivity contribution in [1.82, 2.24) is 5.32 Å². The third kappa shape index (κ3) is 5.15. The number of halogens is 3. The Balaban J connectivity index is 1.74. The lowest BCUT2D eigenvalue weighted by Crippen LogP contribution is -2.34. The standard InChI is InChI=1S/C22H17F3N2O2S/c1-29-19-13-17(26-21(30)27-20(28)15-5-3-2-4-6-15)11-12-18(19)14-7-9-16(10-8-14)22(23,24)25/h2-13H,1H3,(H2,26,27,28,30). The van der Waals surface area contributed by atoms with Crippen LogP contribution in [0, 0.1) is 0 Å². The predicted molar refractivity (Wildman–Crippen MR) is 114 cm³/mol. The third-order valence-corrected chi connectivity index (χ3v) is 4.45. The molecule has 8 heteroatoms. The molecule has 30 heavy (non-hydrogen) atoms. The average molecular weight is 430 g/mol. The Morgan fingerprint density at radius 3 is 2.23 bits per heavy atom. The van der Waals surface area contributed by atoms with Gasteiger partial charge >= 0.3 is 6.18 Å². The Morgan fingerprint density at radius 1 is 0.967 bits per heavy atom. The number of methoxy groups -OCH3 is 1. The van der Waals surface area contributed by atoms with Crippen molar-refractivity contribution >= 4 is 28.9 Å². The first-order valence-electron chi connectivity index (χ1n) is 8.81. The fraction of sp³-hybridized carbons (Fsp3) is 0.0909. The van der Waals surface area contributed by atoms with Gasteiger partial charge in [0.05, 0.1) is 12.7 Å². The Hall–Kier alpha value is -3.39. The smallest absolute Gasteiger partial charge is 0.416 e. The molecule has 4 nitrogen and oxygen atoms in total. The molecule has 0 aliphatic heterocycles. The van der Waals surface area contributed by atoms with Crippen LogP contribution < -0.4 is 15.4 Å². The van der Waals surface area contributed by atoms with E-state index in [0.717, 1.165) is 12.1 Å². The number of ether oxygens (including phenoxy) is 1. The van der Waals surface area contributed by atoms with Crippen molar-refractivity contribution in [3.8, 4) is 16.9 Å². The largest absolute Gasteiger partial charge is 0.496 e. The van der Waals surface area contributed by atoms with Crippen molar-refractivity contribution in [2.45, 2.75) is 6.18 Å². The molecule has 154 valence electrons. The second-order valence-electron chi connectivity index (χ2n) is 6.26. The van der Waals surface area contributed by atoms with Crippen LogP contribution in [-0.4, -0.2) is 18.1 Å². The number of thiocarbonyl (C=S) groups is 1. The van der Waals surface area contributed by atoms with Gasteiger partial charge in [-0.2, -0.15) is 13.2 Å². The monoisotopic (exact) mass is 430 g/mol. The van der Waals surface area contributed by atoms with Crippen LogP contribution >= 0.6 is 12.2 Å². The van der Waals surface area contributed by atoms with Gasteiger partial charge in [0.2, 0.25) is 0 Å². The lowest BCUT2D eigenvalue weighted by Gasteiger charge is -2.14. The Morgan fingerprint density at radius 2 is 1.63 bits per heavy atom. The maximum absolute atomic E-state index is 12.8. The summed E-state index contributed by atoms with van der Waals surface area (Å²) in [5, 5.41) is 5.58. The van der Waals surface area contributed by atoms with Crippen molar-refractivity contribution in [3.63, 3.8) is 0 Å².